The molecule has 48 valence electrons. The minimum Gasteiger partial charge on any atom is -1.00 e. The Morgan fingerprint density at radius 1 is 1.67 bits per heavy atom. The summed E-state index contributed by atoms with van der Waals surface area (Å²) < 4.78 is 0.483. The number of allylic oxidation sites excluding steroid dienone is 2. The second-order valence-corrected chi connectivity index (χ2v) is 6.72. The zero-order chi connectivity index (χ0) is 7.07. The van der Waals surface area contributed by atoms with Crippen LogP contribution in [0.2, 0.25) is 0 Å². The van der Waals surface area contributed by atoms with Crippen LogP contribution in [-0.2, 0) is 24.4 Å². The molecule has 2 heteroatoms. The van der Waals surface area contributed by atoms with Crippen molar-refractivity contribution in [3.8, 4) is 0 Å². The van der Waals surface area contributed by atoms with Crippen LogP contribution in [0.3, 0.4) is 0 Å². The van der Waals surface area contributed by atoms with E-state index in [-0.39, 0.29) is 2.85 Å². The molecule has 1 heterocycles. The quantitative estimate of drug-likeness (QED) is 0.492. The smallest absolute Gasteiger partial charge is 1.00 e. The Morgan fingerprint density at radius 2 is 2.22 bits per heavy atom. The van der Waals surface area contributed by atoms with Gasteiger partial charge >= 0.3 is 73.2 Å². The molecule has 0 bridgehead atoms. The van der Waals surface area contributed by atoms with Crippen molar-refractivity contribution in [2.75, 3.05) is 0 Å². The van der Waals surface area contributed by atoms with Crippen molar-refractivity contribution in [3.63, 3.8) is 0 Å². The van der Waals surface area contributed by atoms with Crippen LogP contribution in [0.1, 0.15) is 23.6 Å². The molecule has 0 aromatic carbocycles. The Balaban J connectivity index is 0. The predicted octanol–water partition coefficient (Wildman–Crippen LogP) is 2.57. The monoisotopic (exact) mass is 172 g/mol. The first kappa shape index (κ1) is 7.88. The van der Waals surface area contributed by atoms with E-state index >= 15 is 0 Å². The summed E-state index contributed by atoms with van der Waals surface area (Å²) in [7, 11) is 1.48. The summed E-state index contributed by atoms with van der Waals surface area (Å²) in [6.07, 6.45) is 0. The van der Waals surface area contributed by atoms with Crippen LogP contribution in [0.4, 0.5) is 0 Å². The largest absolute Gasteiger partial charge is 1.00 e. The van der Waals surface area contributed by atoms with Crippen LogP contribution < -0.4 is 0 Å². The molecule has 0 saturated heterocycles. The van der Waals surface area contributed by atoms with Crippen LogP contribution in [-0.4, -0.2) is 8.71 Å². The maximum atomic E-state index is 2.32. The fourth-order valence-electron chi connectivity index (χ4n) is 0.824. The van der Waals surface area contributed by atoms with Crippen molar-refractivity contribution in [1.29, 1.82) is 0 Å². The van der Waals surface area contributed by atoms with E-state index in [2.05, 4.69) is 26.6 Å². The van der Waals surface area contributed by atoms with Crippen LogP contribution in [0, 0.1) is 0 Å². The van der Waals surface area contributed by atoms with Gasteiger partial charge in [0.15, 0.2) is 0 Å². The molecule has 9 heavy (non-hydrogen) atoms. The fourth-order valence-corrected chi connectivity index (χ4v) is 2.55. The van der Waals surface area contributed by atoms with E-state index in [9.17, 15) is 0 Å². The summed E-state index contributed by atoms with van der Waals surface area (Å²) in [5, 5.41) is 0. The van der Waals surface area contributed by atoms with Crippen molar-refractivity contribution in [2.45, 2.75) is 23.7 Å². The molecule has 0 saturated carbocycles. The molecule has 0 N–H and O–H groups in total. The molecule has 0 fully saturated rings. The molecular weight excluding hydrogens is 160 g/mol. The molecule has 1 rings (SSSR count). The van der Waals surface area contributed by atoms with E-state index in [1.807, 2.05) is 24.4 Å². The summed E-state index contributed by atoms with van der Waals surface area (Å²) in [4.78, 5) is 0. The topological polar surface area (TPSA) is 0 Å². The second-order valence-electron chi connectivity index (χ2n) is 2.71. The Hall–Kier alpha value is 0.780. The van der Waals surface area contributed by atoms with E-state index in [1.165, 1.54) is 13.8 Å². The first-order chi connectivity index (χ1) is 4.04. The third-order valence-corrected chi connectivity index (χ3v) is 4.64. The maximum Gasteiger partial charge on any atom is -1.00 e. The van der Waals surface area contributed by atoms with E-state index in [4.69, 9.17) is 0 Å². The van der Waals surface area contributed by atoms with Gasteiger partial charge < -0.3 is 2.85 Å². The van der Waals surface area contributed by atoms with Gasteiger partial charge in [-0.2, -0.15) is 0 Å². The van der Waals surface area contributed by atoms with Gasteiger partial charge in [-0.15, -0.1) is 0 Å². The molecular formula is C7H12PSc. The van der Waals surface area contributed by atoms with Gasteiger partial charge in [0.1, 0.15) is 0 Å². The zero-order valence-electron chi connectivity index (χ0n) is 8.10. The van der Waals surface area contributed by atoms with Gasteiger partial charge in [-0.25, -0.2) is 0 Å². The SMILES string of the molecule is CC1=C(C)[C](C)([Sc+2])P=C1.[H-].[H-]. The van der Waals surface area contributed by atoms with Gasteiger partial charge in [-0.05, 0) is 0 Å². The van der Waals surface area contributed by atoms with Gasteiger partial charge in [-0.1, -0.05) is 0 Å². The van der Waals surface area contributed by atoms with E-state index in [0.29, 0.717) is 2.91 Å². The predicted molar refractivity (Wildman–Crippen MR) is 42.0 cm³/mol. The Kier molecular flexibility index (Phi) is 2.13. The van der Waals surface area contributed by atoms with Gasteiger partial charge in [0.25, 0.3) is 0 Å². The molecule has 0 radical (unpaired) electrons. The minimum atomic E-state index is 0. The van der Waals surface area contributed by atoms with Crippen molar-refractivity contribution in [2.24, 2.45) is 0 Å². The normalized spacial score (nSPS) is 36.1. The summed E-state index contributed by atoms with van der Waals surface area (Å²) in [6.45, 7) is 6.76. The van der Waals surface area contributed by atoms with Crippen LogP contribution in [0.5, 0.6) is 0 Å². The van der Waals surface area contributed by atoms with E-state index < -0.39 is 0 Å². The van der Waals surface area contributed by atoms with Crippen LogP contribution in [0.25, 0.3) is 0 Å². The third-order valence-electron chi connectivity index (χ3n) is 1.88. The van der Waals surface area contributed by atoms with E-state index in [1.54, 1.807) is 5.57 Å². The van der Waals surface area contributed by atoms with Gasteiger partial charge in [-0.3, -0.25) is 0 Å². The van der Waals surface area contributed by atoms with Crippen molar-refractivity contribution >= 4 is 14.0 Å². The van der Waals surface area contributed by atoms with Gasteiger partial charge in [0.05, 0.1) is 0 Å². The number of hydrogen-bond donors (Lipinski definition) is 0. The van der Waals surface area contributed by atoms with Crippen LogP contribution in [0.15, 0.2) is 11.1 Å². The molecule has 1 atom stereocenters. The molecule has 0 aromatic heterocycles. The number of hydrogen-bond acceptors (Lipinski definition) is 0. The van der Waals surface area contributed by atoms with Crippen LogP contribution >= 0.6 is 8.20 Å². The second kappa shape index (κ2) is 2.43. The maximum absolute atomic E-state index is 2.32. The zero-order valence-corrected chi connectivity index (χ0v) is 8.80. The van der Waals surface area contributed by atoms with Gasteiger partial charge in [0, 0.05) is 0 Å². The number of rotatable bonds is 0. The summed E-state index contributed by atoms with van der Waals surface area (Å²) >= 11 is 1.84. The standard InChI is InChI=1S/C7H10P.Sc.2H/c1-5-4-8-7(3)6(5)2;;;/h4H,1-3H3;;;/q;+2;2*-1. The van der Waals surface area contributed by atoms with E-state index in [0.717, 1.165) is 0 Å². The molecule has 0 spiro atoms. The van der Waals surface area contributed by atoms with Gasteiger partial charge in [0.2, 0.25) is 0 Å². The van der Waals surface area contributed by atoms with Crippen molar-refractivity contribution < 1.29 is 27.2 Å². The molecule has 1 unspecified atom stereocenters. The molecule has 1 aliphatic heterocycles. The van der Waals surface area contributed by atoms with Crippen molar-refractivity contribution in [1.82, 2.24) is 0 Å². The van der Waals surface area contributed by atoms with Crippen molar-refractivity contribution in [3.05, 3.63) is 11.1 Å². The minimum absolute atomic E-state index is 0. The molecule has 0 nitrogen and oxygen atoms in total. The summed E-state index contributed by atoms with van der Waals surface area (Å²) in [5.74, 6) is 2.32. The third kappa shape index (κ3) is 1.43. The Morgan fingerprint density at radius 3 is 2.33 bits per heavy atom. The summed E-state index contributed by atoms with van der Waals surface area (Å²) in [6, 6.07) is 0. The molecule has 0 amide bonds. The molecule has 0 aromatic rings. The first-order valence-electron chi connectivity index (χ1n) is 3.06. The molecule has 0 aliphatic carbocycles. The average Bonchev–Trinajstić information content (AvgIpc) is 1.97. The Labute approximate surface area is 76.1 Å². The fraction of sp³-hybridized carbons (Fsp3) is 0.571. The first-order valence-corrected chi connectivity index (χ1v) is 4.92. The molecule has 1 aliphatic rings. The summed E-state index contributed by atoms with van der Waals surface area (Å²) in [5.41, 5.74) is 3.06. The Bertz CT molecular complexity index is 197. The average molecular weight is 172 g/mol.